The van der Waals surface area contributed by atoms with Crippen LogP contribution in [0.15, 0.2) is 35.1 Å². The highest BCUT2D eigenvalue weighted by molar-refractivity contribution is 9.10. The van der Waals surface area contributed by atoms with Gasteiger partial charge in [0, 0.05) is 17.2 Å². The van der Waals surface area contributed by atoms with E-state index in [2.05, 4.69) is 21.0 Å². The van der Waals surface area contributed by atoms with Crippen molar-refractivity contribution in [1.29, 1.82) is 0 Å². The maximum atomic E-state index is 5.61. The molecule has 2 rings (SSSR count). The quantitative estimate of drug-likeness (QED) is 0.907. The third-order valence-electron chi connectivity index (χ3n) is 2.20. The first-order chi connectivity index (χ1) is 7.20. The normalized spacial score (nSPS) is 10.6. The number of rotatable bonds is 2. The summed E-state index contributed by atoms with van der Waals surface area (Å²) in [5, 5.41) is 4.27. The number of aromatic nitrogens is 2. The van der Waals surface area contributed by atoms with Crippen molar-refractivity contribution in [3.05, 3.63) is 46.2 Å². The third kappa shape index (κ3) is 2.11. The second-order valence-corrected chi connectivity index (χ2v) is 4.31. The molecule has 2 aromatic rings. The Morgan fingerprint density at radius 1 is 1.47 bits per heavy atom. The maximum absolute atomic E-state index is 5.61. The third-order valence-corrected chi connectivity index (χ3v) is 2.88. The first-order valence-corrected chi connectivity index (χ1v) is 5.50. The van der Waals surface area contributed by atoms with E-state index in [0.29, 0.717) is 6.54 Å². The Hall–Kier alpha value is -1.13. The molecule has 0 unspecified atom stereocenters. The lowest BCUT2D eigenvalue weighted by Crippen LogP contribution is -2.00. The SMILES string of the molecule is Cc1cnn(-c2cc(CN)ccc2Br)c1. The Kier molecular flexibility index (Phi) is 2.88. The smallest absolute Gasteiger partial charge is 0.0790 e. The first-order valence-electron chi connectivity index (χ1n) is 4.71. The summed E-state index contributed by atoms with van der Waals surface area (Å²) in [5.41, 5.74) is 8.86. The molecule has 3 nitrogen and oxygen atoms in total. The largest absolute Gasteiger partial charge is 0.326 e. The zero-order valence-electron chi connectivity index (χ0n) is 8.44. The maximum Gasteiger partial charge on any atom is 0.0790 e. The molecule has 0 aliphatic carbocycles. The van der Waals surface area contributed by atoms with Gasteiger partial charge in [-0.2, -0.15) is 5.10 Å². The predicted octanol–water partition coefficient (Wildman–Crippen LogP) is 2.40. The van der Waals surface area contributed by atoms with E-state index in [1.54, 1.807) is 0 Å². The zero-order valence-corrected chi connectivity index (χ0v) is 10.0. The van der Waals surface area contributed by atoms with E-state index in [1.807, 2.05) is 42.2 Å². The zero-order chi connectivity index (χ0) is 10.8. The van der Waals surface area contributed by atoms with Crippen LogP contribution in [0.1, 0.15) is 11.1 Å². The van der Waals surface area contributed by atoms with Crippen LogP contribution in [-0.4, -0.2) is 9.78 Å². The van der Waals surface area contributed by atoms with Gasteiger partial charge in [0.25, 0.3) is 0 Å². The van der Waals surface area contributed by atoms with Gasteiger partial charge < -0.3 is 5.73 Å². The number of aryl methyl sites for hydroxylation is 1. The molecule has 1 aromatic heterocycles. The molecule has 2 N–H and O–H groups in total. The number of nitrogens with two attached hydrogens (primary N) is 1. The molecule has 0 aliphatic heterocycles. The van der Waals surface area contributed by atoms with Crippen LogP contribution in [0.4, 0.5) is 0 Å². The van der Waals surface area contributed by atoms with Gasteiger partial charge >= 0.3 is 0 Å². The number of hydrogen-bond donors (Lipinski definition) is 1. The van der Waals surface area contributed by atoms with Crippen molar-refractivity contribution in [3.63, 3.8) is 0 Å². The summed E-state index contributed by atoms with van der Waals surface area (Å²) >= 11 is 3.50. The molecule has 15 heavy (non-hydrogen) atoms. The lowest BCUT2D eigenvalue weighted by Gasteiger charge is -2.06. The van der Waals surface area contributed by atoms with E-state index in [4.69, 9.17) is 5.73 Å². The van der Waals surface area contributed by atoms with Gasteiger partial charge in [-0.3, -0.25) is 0 Å². The molecule has 0 saturated heterocycles. The van der Waals surface area contributed by atoms with Crippen molar-refractivity contribution in [2.75, 3.05) is 0 Å². The standard InChI is InChI=1S/C11H12BrN3/c1-8-6-14-15(7-8)11-4-9(5-13)2-3-10(11)12/h2-4,6-7H,5,13H2,1H3. The average Bonchev–Trinajstić information content (AvgIpc) is 2.65. The molecule has 1 heterocycles. The van der Waals surface area contributed by atoms with Crippen LogP contribution in [0, 0.1) is 6.92 Å². The van der Waals surface area contributed by atoms with Gasteiger partial charge in [-0.25, -0.2) is 4.68 Å². The van der Waals surface area contributed by atoms with Gasteiger partial charge in [0.15, 0.2) is 0 Å². The van der Waals surface area contributed by atoms with Crippen molar-refractivity contribution in [2.24, 2.45) is 5.73 Å². The summed E-state index contributed by atoms with van der Waals surface area (Å²) in [6.07, 6.45) is 3.82. The van der Waals surface area contributed by atoms with E-state index in [1.165, 1.54) is 0 Å². The topological polar surface area (TPSA) is 43.8 Å². The summed E-state index contributed by atoms with van der Waals surface area (Å²) < 4.78 is 2.86. The Morgan fingerprint density at radius 2 is 2.27 bits per heavy atom. The average molecular weight is 266 g/mol. The van der Waals surface area contributed by atoms with E-state index >= 15 is 0 Å². The van der Waals surface area contributed by atoms with Gasteiger partial charge in [0.05, 0.1) is 11.9 Å². The molecule has 0 amide bonds. The Labute approximate surface area is 97.0 Å². The summed E-state index contributed by atoms with van der Waals surface area (Å²) in [6, 6.07) is 6.04. The minimum absolute atomic E-state index is 0.542. The molecule has 0 spiro atoms. The summed E-state index contributed by atoms with van der Waals surface area (Å²) in [7, 11) is 0. The van der Waals surface area contributed by atoms with Crippen LogP contribution in [0.25, 0.3) is 5.69 Å². The van der Waals surface area contributed by atoms with Gasteiger partial charge in [0.2, 0.25) is 0 Å². The van der Waals surface area contributed by atoms with E-state index in [-0.39, 0.29) is 0 Å². The van der Waals surface area contributed by atoms with Gasteiger partial charge in [0.1, 0.15) is 0 Å². The van der Waals surface area contributed by atoms with E-state index < -0.39 is 0 Å². The van der Waals surface area contributed by atoms with Crippen LogP contribution < -0.4 is 5.73 Å². The van der Waals surface area contributed by atoms with Crippen LogP contribution in [-0.2, 0) is 6.54 Å². The molecule has 0 radical (unpaired) electrons. The van der Waals surface area contributed by atoms with Crippen molar-refractivity contribution in [2.45, 2.75) is 13.5 Å². The Balaban J connectivity index is 2.51. The molecule has 0 saturated carbocycles. The minimum Gasteiger partial charge on any atom is -0.326 e. The molecule has 0 bridgehead atoms. The van der Waals surface area contributed by atoms with Gasteiger partial charge in [-0.15, -0.1) is 0 Å². The summed E-state index contributed by atoms with van der Waals surface area (Å²) in [5.74, 6) is 0. The van der Waals surface area contributed by atoms with Crippen LogP contribution in [0.2, 0.25) is 0 Å². The number of nitrogens with zero attached hydrogens (tertiary/aromatic N) is 2. The molecule has 1 aromatic carbocycles. The van der Waals surface area contributed by atoms with E-state index in [0.717, 1.165) is 21.3 Å². The number of benzene rings is 1. The van der Waals surface area contributed by atoms with E-state index in [9.17, 15) is 0 Å². The molecule has 78 valence electrons. The predicted molar refractivity (Wildman–Crippen MR) is 63.9 cm³/mol. The fourth-order valence-corrected chi connectivity index (χ4v) is 1.83. The molecule has 0 fully saturated rings. The van der Waals surface area contributed by atoms with Crippen molar-refractivity contribution in [1.82, 2.24) is 9.78 Å². The highest BCUT2D eigenvalue weighted by Gasteiger charge is 2.04. The second-order valence-electron chi connectivity index (χ2n) is 3.45. The highest BCUT2D eigenvalue weighted by atomic mass is 79.9. The fourth-order valence-electron chi connectivity index (χ4n) is 1.41. The number of halogens is 1. The first kappa shape index (κ1) is 10.4. The fraction of sp³-hybridized carbons (Fsp3) is 0.182. The van der Waals surface area contributed by atoms with Gasteiger partial charge in [-0.1, -0.05) is 6.07 Å². The Morgan fingerprint density at radius 3 is 2.87 bits per heavy atom. The monoisotopic (exact) mass is 265 g/mol. The van der Waals surface area contributed by atoms with Crippen molar-refractivity contribution >= 4 is 15.9 Å². The molecular weight excluding hydrogens is 254 g/mol. The molecule has 0 atom stereocenters. The van der Waals surface area contributed by atoms with Gasteiger partial charge in [-0.05, 0) is 46.1 Å². The molecule has 4 heteroatoms. The van der Waals surface area contributed by atoms with Crippen LogP contribution in [0.3, 0.4) is 0 Å². The van der Waals surface area contributed by atoms with Crippen LogP contribution >= 0.6 is 15.9 Å². The minimum atomic E-state index is 0.542. The number of hydrogen-bond acceptors (Lipinski definition) is 2. The summed E-state index contributed by atoms with van der Waals surface area (Å²) in [6.45, 7) is 2.56. The highest BCUT2D eigenvalue weighted by Crippen LogP contribution is 2.22. The lowest BCUT2D eigenvalue weighted by molar-refractivity contribution is 0.871. The van der Waals surface area contributed by atoms with Crippen molar-refractivity contribution in [3.8, 4) is 5.69 Å². The second kappa shape index (κ2) is 4.16. The summed E-state index contributed by atoms with van der Waals surface area (Å²) in [4.78, 5) is 0. The Bertz CT molecular complexity index is 476. The van der Waals surface area contributed by atoms with Crippen LogP contribution in [0.5, 0.6) is 0 Å². The lowest BCUT2D eigenvalue weighted by atomic mass is 10.2. The van der Waals surface area contributed by atoms with Crippen molar-refractivity contribution < 1.29 is 0 Å². The molecular formula is C11H12BrN3. The molecule has 0 aliphatic rings.